The Morgan fingerprint density at radius 2 is 1.65 bits per heavy atom. The molecule has 6 nitrogen and oxygen atoms in total. The van der Waals surface area contributed by atoms with Crippen LogP contribution in [0.5, 0.6) is 0 Å². The second-order valence-corrected chi connectivity index (χ2v) is 4.44. The molecule has 0 radical (unpaired) electrons. The van der Waals surface area contributed by atoms with Gasteiger partial charge in [-0.15, -0.1) is 0 Å². The Balaban J connectivity index is 2.67. The molecule has 0 aromatic heterocycles. The summed E-state index contributed by atoms with van der Waals surface area (Å²) in [4.78, 5) is 35.1. The van der Waals surface area contributed by atoms with Crippen molar-refractivity contribution in [2.24, 2.45) is 11.3 Å². The Morgan fingerprint density at radius 1 is 1.10 bits per heavy atom. The van der Waals surface area contributed by atoms with E-state index in [4.69, 9.17) is 14.2 Å². The SMILES string of the molecule is C/C=C/C(=O)OCC1CC1(C(=O)OCC)C(=O)OCC. The second kappa shape index (κ2) is 7.07. The largest absolute Gasteiger partial charge is 0.465 e. The molecule has 0 aromatic carbocycles. The molecule has 20 heavy (non-hydrogen) atoms. The van der Waals surface area contributed by atoms with Crippen LogP contribution in [0.25, 0.3) is 0 Å². The summed E-state index contributed by atoms with van der Waals surface area (Å²) in [7, 11) is 0. The van der Waals surface area contributed by atoms with Crippen LogP contribution >= 0.6 is 0 Å². The van der Waals surface area contributed by atoms with E-state index in [9.17, 15) is 14.4 Å². The van der Waals surface area contributed by atoms with E-state index in [1.807, 2.05) is 0 Å². The molecular formula is C14H20O6. The lowest BCUT2D eigenvalue weighted by molar-refractivity contribution is -0.166. The predicted octanol–water partition coefficient (Wildman–Crippen LogP) is 1.24. The zero-order chi connectivity index (χ0) is 15.2. The maximum absolute atomic E-state index is 11.9. The lowest BCUT2D eigenvalue weighted by Gasteiger charge is -2.14. The Kier molecular flexibility index (Phi) is 5.73. The number of hydrogen-bond donors (Lipinski definition) is 0. The van der Waals surface area contributed by atoms with E-state index in [0.29, 0.717) is 0 Å². The molecule has 0 aromatic rings. The van der Waals surface area contributed by atoms with Gasteiger partial charge in [-0.2, -0.15) is 0 Å². The van der Waals surface area contributed by atoms with Gasteiger partial charge in [-0.05, 0) is 27.2 Å². The average Bonchev–Trinajstić information content (AvgIpc) is 3.13. The van der Waals surface area contributed by atoms with Crippen LogP contribution in [-0.2, 0) is 28.6 Å². The number of rotatable bonds is 7. The van der Waals surface area contributed by atoms with Crippen molar-refractivity contribution in [1.29, 1.82) is 0 Å². The van der Waals surface area contributed by atoms with E-state index in [0.717, 1.165) is 0 Å². The van der Waals surface area contributed by atoms with E-state index in [1.54, 1.807) is 26.8 Å². The van der Waals surface area contributed by atoms with Crippen LogP contribution in [0.4, 0.5) is 0 Å². The number of allylic oxidation sites excluding steroid dienone is 1. The summed E-state index contributed by atoms with van der Waals surface area (Å²) in [5.74, 6) is -2.09. The normalized spacial score (nSPS) is 19.4. The van der Waals surface area contributed by atoms with Crippen molar-refractivity contribution in [2.45, 2.75) is 27.2 Å². The molecule has 0 heterocycles. The summed E-state index contributed by atoms with van der Waals surface area (Å²) in [6, 6.07) is 0. The minimum absolute atomic E-state index is 0.000796. The Hall–Kier alpha value is -1.85. The van der Waals surface area contributed by atoms with Crippen LogP contribution in [0, 0.1) is 11.3 Å². The van der Waals surface area contributed by atoms with Crippen molar-refractivity contribution < 1.29 is 28.6 Å². The highest BCUT2D eigenvalue weighted by Gasteiger charge is 2.68. The third-order valence-electron chi connectivity index (χ3n) is 3.11. The van der Waals surface area contributed by atoms with Gasteiger partial charge in [0.05, 0.1) is 19.8 Å². The number of carbonyl (C=O) groups is 3. The molecule has 0 spiro atoms. The molecule has 1 rings (SSSR count). The van der Waals surface area contributed by atoms with E-state index in [-0.39, 0.29) is 32.2 Å². The molecule has 1 atom stereocenters. The summed E-state index contributed by atoms with van der Waals surface area (Å²) >= 11 is 0. The van der Waals surface area contributed by atoms with Crippen molar-refractivity contribution in [1.82, 2.24) is 0 Å². The first-order valence-electron chi connectivity index (χ1n) is 6.66. The van der Waals surface area contributed by atoms with E-state index >= 15 is 0 Å². The first-order chi connectivity index (χ1) is 9.52. The maximum atomic E-state index is 11.9. The van der Waals surface area contributed by atoms with Gasteiger partial charge < -0.3 is 14.2 Å². The highest BCUT2D eigenvalue weighted by Crippen LogP contribution is 2.54. The fourth-order valence-corrected chi connectivity index (χ4v) is 2.00. The van der Waals surface area contributed by atoms with Gasteiger partial charge >= 0.3 is 17.9 Å². The van der Waals surface area contributed by atoms with Crippen LogP contribution < -0.4 is 0 Å². The van der Waals surface area contributed by atoms with E-state index in [2.05, 4.69) is 0 Å². The Bertz CT molecular complexity index is 394. The molecule has 0 aliphatic heterocycles. The first kappa shape index (κ1) is 16.2. The molecule has 0 saturated heterocycles. The van der Waals surface area contributed by atoms with Crippen molar-refractivity contribution in [3.8, 4) is 0 Å². The summed E-state index contributed by atoms with van der Waals surface area (Å²) < 4.78 is 14.8. The van der Waals surface area contributed by atoms with Crippen LogP contribution in [-0.4, -0.2) is 37.7 Å². The summed E-state index contributed by atoms with van der Waals surface area (Å²) in [5.41, 5.74) is -1.30. The highest BCUT2D eigenvalue weighted by molar-refractivity contribution is 6.04. The van der Waals surface area contributed by atoms with Gasteiger partial charge in [0.2, 0.25) is 0 Å². The summed E-state index contributed by atoms with van der Waals surface area (Å²) in [5, 5.41) is 0. The third kappa shape index (κ3) is 3.37. The fourth-order valence-electron chi connectivity index (χ4n) is 2.00. The maximum Gasteiger partial charge on any atom is 0.330 e. The molecule has 6 heteroatoms. The van der Waals surface area contributed by atoms with Crippen molar-refractivity contribution in [3.05, 3.63) is 12.2 Å². The highest BCUT2D eigenvalue weighted by atomic mass is 16.6. The lowest BCUT2D eigenvalue weighted by Crippen LogP contribution is -2.33. The fraction of sp³-hybridized carbons (Fsp3) is 0.643. The van der Waals surface area contributed by atoms with Crippen molar-refractivity contribution >= 4 is 17.9 Å². The minimum atomic E-state index is -1.30. The number of carbonyl (C=O) groups excluding carboxylic acids is 3. The molecule has 1 unspecified atom stereocenters. The van der Waals surface area contributed by atoms with Crippen LogP contribution in [0.3, 0.4) is 0 Å². The van der Waals surface area contributed by atoms with Crippen LogP contribution in [0.15, 0.2) is 12.2 Å². The van der Waals surface area contributed by atoms with Gasteiger partial charge in [-0.25, -0.2) is 4.79 Å². The Labute approximate surface area is 118 Å². The zero-order valence-electron chi connectivity index (χ0n) is 12.0. The number of hydrogen-bond acceptors (Lipinski definition) is 6. The van der Waals surface area contributed by atoms with Crippen LogP contribution in [0.1, 0.15) is 27.2 Å². The topological polar surface area (TPSA) is 78.9 Å². The monoisotopic (exact) mass is 284 g/mol. The van der Waals surface area contributed by atoms with E-state index in [1.165, 1.54) is 6.08 Å². The quantitative estimate of drug-likeness (QED) is 0.303. The van der Waals surface area contributed by atoms with Gasteiger partial charge in [-0.1, -0.05) is 6.08 Å². The van der Waals surface area contributed by atoms with Gasteiger partial charge in [0, 0.05) is 12.0 Å². The van der Waals surface area contributed by atoms with E-state index < -0.39 is 23.3 Å². The van der Waals surface area contributed by atoms with Gasteiger partial charge in [0.15, 0.2) is 5.41 Å². The molecule has 0 bridgehead atoms. The molecule has 0 N–H and O–H groups in total. The second-order valence-electron chi connectivity index (χ2n) is 4.44. The molecule has 0 amide bonds. The standard InChI is InChI=1S/C14H20O6/c1-4-7-11(15)20-9-10-8-14(10,12(16)18-5-2)13(17)19-6-3/h4,7,10H,5-6,8-9H2,1-3H3/b7-4+. The van der Waals surface area contributed by atoms with Crippen molar-refractivity contribution in [2.75, 3.05) is 19.8 Å². The molecule has 1 aliphatic carbocycles. The summed E-state index contributed by atoms with van der Waals surface area (Å²) in [6.45, 7) is 5.40. The van der Waals surface area contributed by atoms with Gasteiger partial charge in [-0.3, -0.25) is 9.59 Å². The number of esters is 3. The molecular weight excluding hydrogens is 264 g/mol. The predicted molar refractivity (Wildman–Crippen MR) is 69.6 cm³/mol. The lowest BCUT2D eigenvalue weighted by atomic mass is 10.0. The average molecular weight is 284 g/mol. The Morgan fingerprint density at radius 3 is 2.10 bits per heavy atom. The first-order valence-corrected chi connectivity index (χ1v) is 6.66. The summed E-state index contributed by atoms with van der Waals surface area (Å²) in [6.07, 6.45) is 3.12. The van der Waals surface area contributed by atoms with Gasteiger partial charge in [0.1, 0.15) is 0 Å². The molecule has 1 fully saturated rings. The molecule has 112 valence electrons. The minimum Gasteiger partial charge on any atom is -0.465 e. The number of ether oxygens (including phenoxy) is 3. The van der Waals surface area contributed by atoms with Crippen molar-refractivity contribution in [3.63, 3.8) is 0 Å². The smallest absolute Gasteiger partial charge is 0.330 e. The molecule has 1 aliphatic rings. The molecule has 1 saturated carbocycles. The third-order valence-corrected chi connectivity index (χ3v) is 3.11. The zero-order valence-corrected chi connectivity index (χ0v) is 12.0. The van der Waals surface area contributed by atoms with Crippen LogP contribution in [0.2, 0.25) is 0 Å². The van der Waals surface area contributed by atoms with Gasteiger partial charge in [0.25, 0.3) is 0 Å².